The van der Waals surface area contributed by atoms with E-state index in [1.807, 2.05) is 11.8 Å². The van der Waals surface area contributed by atoms with Crippen molar-refractivity contribution >= 4 is 27.5 Å². The first-order valence-electron chi connectivity index (χ1n) is 6.61. The third-order valence-corrected chi connectivity index (χ3v) is 6.14. The second-order valence-electron chi connectivity index (χ2n) is 4.90. The number of hydrogen-bond acceptors (Lipinski definition) is 4. The molecule has 0 radical (unpaired) electrons. The van der Waals surface area contributed by atoms with E-state index < -0.39 is 15.8 Å². The molecular formula is C13H19FN2O2S2. The summed E-state index contributed by atoms with van der Waals surface area (Å²) in [4.78, 5) is -0.335. The highest BCUT2D eigenvalue weighted by Gasteiger charge is 2.29. The number of nitrogens with two attached hydrogens (primary N) is 1. The SMILES string of the molecule is CCSC1CCC(NS(=O)(=O)c2ccc(N)cc2F)C1. The number of hydrogen-bond donors (Lipinski definition) is 2. The van der Waals surface area contributed by atoms with E-state index in [2.05, 4.69) is 11.6 Å². The largest absolute Gasteiger partial charge is 0.399 e. The lowest BCUT2D eigenvalue weighted by Gasteiger charge is -2.14. The molecule has 3 N–H and O–H groups in total. The highest BCUT2D eigenvalue weighted by atomic mass is 32.2. The predicted molar refractivity (Wildman–Crippen MR) is 80.7 cm³/mol. The highest BCUT2D eigenvalue weighted by molar-refractivity contribution is 7.99. The monoisotopic (exact) mass is 318 g/mol. The number of nitrogens with one attached hydrogen (secondary N) is 1. The molecule has 1 aliphatic rings. The molecule has 1 aromatic carbocycles. The number of thioether (sulfide) groups is 1. The van der Waals surface area contributed by atoms with E-state index in [0.717, 1.165) is 31.1 Å². The van der Waals surface area contributed by atoms with E-state index in [-0.39, 0.29) is 16.6 Å². The molecule has 0 spiro atoms. The summed E-state index contributed by atoms with van der Waals surface area (Å²) in [5.74, 6) is 0.214. The van der Waals surface area contributed by atoms with Crippen LogP contribution in [-0.4, -0.2) is 25.5 Å². The van der Waals surface area contributed by atoms with Gasteiger partial charge in [-0.2, -0.15) is 11.8 Å². The van der Waals surface area contributed by atoms with Gasteiger partial charge in [0.05, 0.1) is 0 Å². The Kier molecular flexibility index (Phi) is 4.93. The molecule has 1 fully saturated rings. The lowest BCUT2D eigenvalue weighted by molar-refractivity contribution is 0.537. The van der Waals surface area contributed by atoms with Crippen LogP contribution in [0.4, 0.5) is 10.1 Å². The first-order valence-corrected chi connectivity index (χ1v) is 9.14. The molecule has 0 aromatic heterocycles. The molecule has 7 heteroatoms. The van der Waals surface area contributed by atoms with Crippen molar-refractivity contribution in [3.63, 3.8) is 0 Å². The average Bonchev–Trinajstić information content (AvgIpc) is 2.75. The molecule has 0 aliphatic heterocycles. The van der Waals surface area contributed by atoms with Gasteiger partial charge in [-0.1, -0.05) is 6.92 Å². The van der Waals surface area contributed by atoms with Crippen molar-refractivity contribution in [2.45, 2.75) is 42.4 Å². The Hall–Kier alpha value is -0.790. The van der Waals surface area contributed by atoms with Gasteiger partial charge in [0.25, 0.3) is 0 Å². The Morgan fingerprint density at radius 2 is 2.20 bits per heavy atom. The normalized spacial score (nSPS) is 23.1. The fraction of sp³-hybridized carbons (Fsp3) is 0.538. The molecule has 1 aromatic rings. The molecule has 1 saturated carbocycles. The fourth-order valence-electron chi connectivity index (χ4n) is 2.45. The summed E-state index contributed by atoms with van der Waals surface area (Å²) < 4.78 is 40.7. The minimum Gasteiger partial charge on any atom is -0.399 e. The molecule has 0 amide bonds. The second-order valence-corrected chi connectivity index (χ2v) is 8.16. The molecule has 1 aliphatic carbocycles. The van der Waals surface area contributed by atoms with Crippen LogP contribution in [0.5, 0.6) is 0 Å². The lowest BCUT2D eigenvalue weighted by Crippen LogP contribution is -2.33. The van der Waals surface area contributed by atoms with Crippen LogP contribution in [0.2, 0.25) is 0 Å². The van der Waals surface area contributed by atoms with E-state index >= 15 is 0 Å². The van der Waals surface area contributed by atoms with Gasteiger partial charge >= 0.3 is 0 Å². The van der Waals surface area contributed by atoms with Crippen LogP contribution >= 0.6 is 11.8 Å². The van der Waals surface area contributed by atoms with Gasteiger partial charge in [-0.25, -0.2) is 17.5 Å². The summed E-state index contributed by atoms with van der Waals surface area (Å²) >= 11 is 1.84. The third-order valence-electron chi connectivity index (χ3n) is 3.35. The highest BCUT2D eigenvalue weighted by Crippen LogP contribution is 2.30. The Bertz CT molecular complexity index is 578. The van der Waals surface area contributed by atoms with Crippen LogP contribution < -0.4 is 10.5 Å². The van der Waals surface area contributed by atoms with E-state index in [1.165, 1.54) is 12.1 Å². The summed E-state index contributed by atoms with van der Waals surface area (Å²) in [7, 11) is -3.82. The second kappa shape index (κ2) is 6.32. The standard InChI is InChI=1S/C13H19FN2O2S2/c1-2-19-11-5-4-10(8-11)16-20(17,18)13-6-3-9(15)7-12(13)14/h3,6-7,10-11,16H,2,4-5,8,15H2,1H3. The van der Waals surface area contributed by atoms with Crippen LogP contribution in [0.15, 0.2) is 23.1 Å². The van der Waals surface area contributed by atoms with Crippen molar-refractivity contribution in [2.24, 2.45) is 0 Å². The summed E-state index contributed by atoms with van der Waals surface area (Å²) in [6.45, 7) is 2.09. The van der Waals surface area contributed by atoms with Crippen LogP contribution in [0, 0.1) is 5.82 Å². The van der Waals surface area contributed by atoms with Crippen molar-refractivity contribution in [3.8, 4) is 0 Å². The van der Waals surface area contributed by atoms with Gasteiger partial charge in [0.1, 0.15) is 10.7 Å². The molecule has 2 rings (SSSR count). The van der Waals surface area contributed by atoms with Gasteiger partial charge in [0, 0.05) is 17.0 Å². The summed E-state index contributed by atoms with van der Waals surface area (Å²) in [6, 6.07) is 3.52. The minimum absolute atomic E-state index is 0.110. The van der Waals surface area contributed by atoms with Crippen molar-refractivity contribution in [3.05, 3.63) is 24.0 Å². The Morgan fingerprint density at radius 1 is 1.45 bits per heavy atom. The molecule has 112 valence electrons. The Morgan fingerprint density at radius 3 is 2.85 bits per heavy atom. The smallest absolute Gasteiger partial charge is 0.243 e. The molecule has 20 heavy (non-hydrogen) atoms. The van der Waals surface area contributed by atoms with Crippen molar-refractivity contribution in [1.82, 2.24) is 4.72 Å². The predicted octanol–water partition coefficient (Wildman–Crippen LogP) is 2.36. The number of sulfonamides is 1. The molecule has 4 nitrogen and oxygen atoms in total. The maximum atomic E-state index is 13.7. The van der Waals surface area contributed by atoms with E-state index in [4.69, 9.17) is 5.73 Å². The summed E-state index contributed by atoms with van der Waals surface area (Å²) in [5.41, 5.74) is 5.64. The molecular weight excluding hydrogens is 299 g/mol. The van der Waals surface area contributed by atoms with E-state index in [9.17, 15) is 12.8 Å². The molecule has 0 heterocycles. The van der Waals surface area contributed by atoms with Crippen molar-refractivity contribution < 1.29 is 12.8 Å². The first kappa shape index (κ1) is 15.6. The maximum Gasteiger partial charge on any atom is 0.243 e. The van der Waals surface area contributed by atoms with Crippen LogP contribution in [0.25, 0.3) is 0 Å². The maximum absolute atomic E-state index is 13.7. The number of nitrogen functional groups attached to an aromatic ring is 1. The quantitative estimate of drug-likeness (QED) is 0.818. The van der Waals surface area contributed by atoms with Crippen LogP contribution in [-0.2, 0) is 10.0 Å². The van der Waals surface area contributed by atoms with Gasteiger partial charge < -0.3 is 5.73 Å². The number of anilines is 1. The Balaban J connectivity index is 2.08. The Labute approximate surface area is 123 Å². The van der Waals surface area contributed by atoms with Crippen molar-refractivity contribution in [2.75, 3.05) is 11.5 Å². The summed E-state index contributed by atoms with van der Waals surface area (Å²) in [5, 5.41) is 0.490. The zero-order valence-electron chi connectivity index (χ0n) is 11.3. The minimum atomic E-state index is -3.82. The van der Waals surface area contributed by atoms with Crippen LogP contribution in [0.3, 0.4) is 0 Å². The van der Waals surface area contributed by atoms with Crippen molar-refractivity contribution in [1.29, 1.82) is 0 Å². The number of benzene rings is 1. The van der Waals surface area contributed by atoms with Gasteiger partial charge in [-0.05, 0) is 43.2 Å². The van der Waals surface area contributed by atoms with E-state index in [1.54, 1.807) is 0 Å². The third kappa shape index (κ3) is 3.65. The van der Waals surface area contributed by atoms with Crippen LogP contribution in [0.1, 0.15) is 26.2 Å². The molecule has 2 atom stereocenters. The lowest BCUT2D eigenvalue weighted by atomic mass is 10.3. The zero-order chi connectivity index (χ0) is 14.8. The van der Waals surface area contributed by atoms with E-state index in [0.29, 0.717) is 5.25 Å². The average molecular weight is 318 g/mol. The number of rotatable bonds is 5. The van der Waals surface area contributed by atoms with Gasteiger partial charge in [-0.3, -0.25) is 0 Å². The zero-order valence-corrected chi connectivity index (χ0v) is 12.9. The summed E-state index contributed by atoms with van der Waals surface area (Å²) in [6.07, 6.45) is 2.59. The topological polar surface area (TPSA) is 72.2 Å². The van der Waals surface area contributed by atoms with Gasteiger partial charge in [0.15, 0.2) is 0 Å². The molecule has 2 unspecified atom stereocenters. The van der Waals surface area contributed by atoms with Gasteiger partial charge in [0.2, 0.25) is 10.0 Å². The number of halogens is 1. The first-order chi connectivity index (χ1) is 9.42. The fourth-order valence-corrected chi connectivity index (χ4v) is 4.94. The molecule has 0 saturated heterocycles. The molecule has 0 bridgehead atoms. The van der Waals surface area contributed by atoms with Gasteiger partial charge in [-0.15, -0.1) is 0 Å².